The number of amides is 6. The number of hydrogen-bond donors (Lipinski definition) is 9. The van der Waals surface area contributed by atoms with Crippen molar-refractivity contribution < 1.29 is 33.5 Å². The summed E-state index contributed by atoms with van der Waals surface area (Å²) in [4.78, 5) is 94.2. The van der Waals surface area contributed by atoms with E-state index in [-0.39, 0.29) is 56.1 Å². The van der Waals surface area contributed by atoms with Gasteiger partial charge < -0.3 is 59.6 Å². The van der Waals surface area contributed by atoms with Gasteiger partial charge in [-0.15, -0.1) is 0 Å². The molecular weight excluding hydrogens is 881 g/mol. The summed E-state index contributed by atoms with van der Waals surface area (Å²) >= 11 is 0. The maximum atomic E-state index is 14.9. The molecule has 6 atom stereocenters. The Balaban J connectivity index is 1.63. The third kappa shape index (κ3) is 19.6. The topological polar surface area (TPSA) is 318 Å². The Morgan fingerprint density at radius 1 is 0.609 bits per heavy atom. The molecule has 19 heteroatoms. The highest BCUT2D eigenvalue weighted by atomic mass is 16.5. The normalized spacial score (nSPS) is 16.7. The maximum Gasteiger partial charge on any atom is 0.261 e. The third-order valence-corrected chi connectivity index (χ3v) is 13.1. The molecule has 0 heterocycles. The van der Waals surface area contributed by atoms with Crippen LogP contribution in [0.3, 0.4) is 0 Å². The molecule has 2 fully saturated rings. The van der Waals surface area contributed by atoms with Gasteiger partial charge >= 0.3 is 0 Å². The Bertz CT molecular complexity index is 1990. The third-order valence-electron chi connectivity index (χ3n) is 13.1. The monoisotopic (exact) mass is 959 g/mol. The SMILES string of the molecule is CCC(Oc1ccccc1)C(=O)N[C@@H](Cc1ccccc1)C(=O)N[C@@H](CC1CCCCC1)C(=O)N[C@@H](CC1CCCCC1)C(=O)N(C)[C@@H](CCCN=C(N)N)C(=O)N[C@@H](CCCN=C(N)N)C(N)=O. The number of nitrogens with two attached hydrogens (primary N) is 5. The first kappa shape index (κ1) is 55.2. The summed E-state index contributed by atoms with van der Waals surface area (Å²) in [5.41, 5.74) is 28.6. The number of nitrogens with one attached hydrogen (secondary N) is 4. The Kier molecular flexibility index (Phi) is 23.6. The molecule has 0 radical (unpaired) electrons. The van der Waals surface area contributed by atoms with Crippen molar-refractivity contribution in [3.63, 3.8) is 0 Å². The van der Waals surface area contributed by atoms with Gasteiger partial charge in [0.2, 0.25) is 29.5 Å². The summed E-state index contributed by atoms with van der Waals surface area (Å²) < 4.78 is 6.03. The lowest BCUT2D eigenvalue weighted by molar-refractivity contribution is -0.143. The van der Waals surface area contributed by atoms with E-state index in [0.717, 1.165) is 69.8 Å². The average Bonchev–Trinajstić information content (AvgIpc) is 3.34. The van der Waals surface area contributed by atoms with Crippen LogP contribution in [0.4, 0.5) is 0 Å². The minimum atomic E-state index is -1.12. The second kappa shape index (κ2) is 29.5. The first-order valence-corrected chi connectivity index (χ1v) is 24.8. The van der Waals surface area contributed by atoms with Gasteiger partial charge in [0, 0.05) is 26.6 Å². The van der Waals surface area contributed by atoms with Crippen LogP contribution >= 0.6 is 0 Å². The number of para-hydroxylation sites is 1. The van der Waals surface area contributed by atoms with Gasteiger partial charge in [0.25, 0.3) is 5.91 Å². The van der Waals surface area contributed by atoms with Crippen molar-refractivity contribution in [2.45, 2.75) is 159 Å². The molecule has 0 aromatic heterocycles. The van der Waals surface area contributed by atoms with Crippen LogP contribution in [0, 0.1) is 11.8 Å². The van der Waals surface area contributed by atoms with Crippen molar-refractivity contribution in [2.24, 2.45) is 50.5 Å². The summed E-state index contributed by atoms with van der Waals surface area (Å²) in [6.07, 6.45) is 10.7. The predicted octanol–water partition coefficient (Wildman–Crippen LogP) is 2.39. The Hall–Kier alpha value is -6.40. The predicted molar refractivity (Wildman–Crippen MR) is 267 cm³/mol. The summed E-state index contributed by atoms with van der Waals surface area (Å²) in [5, 5.41) is 11.7. The van der Waals surface area contributed by atoms with E-state index in [1.807, 2.05) is 55.5 Å². The number of guanidine groups is 2. The Morgan fingerprint density at radius 3 is 1.62 bits per heavy atom. The van der Waals surface area contributed by atoms with Crippen LogP contribution in [0.25, 0.3) is 0 Å². The lowest BCUT2D eigenvalue weighted by Crippen LogP contribution is -2.60. The fourth-order valence-electron chi connectivity index (χ4n) is 9.27. The molecule has 69 heavy (non-hydrogen) atoms. The molecule has 19 nitrogen and oxygen atoms in total. The van der Waals surface area contributed by atoms with Gasteiger partial charge in [-0.1, -0.05) is 120 Å². The number of hydrogen-bond acceptors (Lipinski definition) is 9. The molecule has 6 amide bonds. The standard InChI is InChI=1S/C50H78N12O7/c1-3-42(69-36-24-14-7-15-25-36)47(67)60-39(31-34-20-10-5-11-21-34)44(64)59-38(30-33-18-8-4-9-19-33)45(65)61-40(32-35-22-12-6-13-23-35)48(68)62(2)41(27-17-29-57-50(54)55)46(66)58-37(43(51)63)26-16-28-56-49(52)53/h5,7,10-11,14-15,20-21,24-25,33,35,37-42H,3-4,6,8-9,12-13,16-19,22-23,26-32H2,1-2H3,(H2,51,63)(H,58,66)(H,59,64)(H,60,67)(H,61,65)(H4,52,53,56)(H4,54,55,57)/t37-,38-,39-,40-,41-,42?/m0/s1. The molecule has 2 saturated carbocycles. The molecule has 0 bridgehead atoms. The van der Waals surface area contributed by atoms with E-state index in [0.29, 0.717) is 37.9 Å². The van der Waals surface area contributed by atoms with E-state index < -0.39 is 71.8 Å². The minimum absolute atomic E-state index is 0.110. The van der Waals surface area contributed by atoms with Crippen LogP contribution in [-0.2, 0) is 35.2 Å². The van der Waals surface area contributed by atoms with E-state index in [1.165, 1.54) is 11.9 Å². The number of nitrogens with zero attached hydrogens (tertiary/aromatic N) is 3. The quantitative estimate of drug-likeness (QED) is 0.0339. The van der Waals surface area contributed by atoms with E-state index in [4.69, 9.17) is 33.4 Å². The van der Waals surface area contributed by atoms with Crippen molar-refractivity contribution in [3.05, 3.63) is 66.2 Å². The first-order valence-electron chi connectivity index (χ1n) is 24.8. The van der Waals surface area contributed by atoms with Crippen molar-refractivity contribution in [3.8, 4) is 5.75 Å². The number of ether oxygens (including phenoxy) is 1. The highest BCUT2D eigenvalue weighted by Crippen LogP contribution is 2.30. The molecule has 2 aromatic carbocycles. The Morgan fingerprint density at radius 2 is 1.09 bits per heavy atom. The van der Waals surface area contributed by atoms with Gasteiger partial charge in [-0.2, -0.15) is 0 Å². The van der Waals surface area contributed by atoms with Crippen LogP contribution in [0.2, 0.25) is 0 Å². The minimum Gasteiger partial charge on any atom is -0.481 e. The maximum absolute atomic E-state index is 14.9. The van der Waals surface area contributed by atoms with Gasteiger partial charge in [0.05, 0.1) is 0 Å². The molecule has 0 saturated heterocycles. The summed E-state index contributed by atoms with van der Waals surface area (Å²) in [6, 6.07) is 12.9. The summed E-state index contributed by atoms with van der Waals surface area (Å²) in [7, 11) is 1.49. The Labute approximate surface area is 407 Å². The second-order valence-corrected chi connectivity index (χ2v) is 18.5. The smallest absolute Gasteiger partial charge is 0.261 e. The highest BCUT2D eigenvalue weighted by Gasteiger charge is 2.38. The largest absolute Gasteiger partial charge is 0.481 e. The summed E-state index contributed by atoms with van der Waals surface area (Å²) in [5.74, 6) is -2.96. The zero-order valence-corrected chi connectivity index (χ0v) is 40.6. The van der Waals surface area contributed by atoms with Gasteiger partial charge in [-0.3, -0.25) is 38.8 Å². The highest BCUT2D eigenvalue weighted by molar-refractivity contribution is 5.96. The van der Waals surface area contributed by atoms with Crippen LogP contribution in [0.1, 0.15) is 122 Å². The van der Waals surface area contributed by atoms with Crippen LogP contribution < -0.4 is 54.7 Å². The van der Waals surface area contributed by atoms with E-state index in [2.05, 4.69) is 31.3 Å². The number of benzene rings is 2. The fraction of sp³-hybridized carbons (Fsp3) is 0.600. The lowest BCUT2D eigenvalue weighted by Gasteiger charge is -2.35. The van der Waals surface area contributed by atoms with Gasteiger partial charge in [-0.05, 0) is 74.5 Å². The molecule has 2 aromatic rings. The second-order valence-electron chi connectivity index (χ2n) is 18.5. The molecule has 1 unspecified atom stereocenters. The van der Waals surface area contributed by atoms with Gasteiger partial charge in [0.15, 0.2) is 18.0 Å². The number of aliphatic imine (C=N–C) groups is 2. The molecule has 2 aliphatic rings. The van der Waals surface area contributed by atoms with Crippen molar-refractivity contribution in [1.29, 1.82) is 0 Å². The number of rotatable bonds is 28. The van der Waals surface area contributed by atoms with E-state index in [9.17, 15) is 28.8 Å². The van der Waals surface area contributed by atoms with E-state index in [1.54, 1.807) is 12.1 Å². The molecule has 0 spiro atoms. The lowest BCUT2D eigenvalue weighted by atomic mass is 9.83. The zero-order valence-electron chi connectivity index (χ0n) is 40.6. The number of carbonyl (C=O) groups is 6. The average molecular weight is 959 g/mol. The first-order chi connectivity index (χ1) is 33.1. The van der Waals surface area contributed by atoms with Gasteiger partial charge in [0.1, 0.15) is 36.0 Å². The molecular formula is C50H78N12O7. The molecule has 0 aliphatic heterocycles. The summed E-state index contributed by atoms with van der Waals surface area (Å²) in [6.45, 7) is 2.20. The molecule has 4 rings (SSSR count). The number of primary amides is 1. The number of likely N-dealkylation sites (N-methyl/N-ethyl adjacent to an activating group) is 1. The van der Waals surface area contributed by atoms with Crippen LogP contribution in [-0.4, -0.2) is 109 Å². The van der Waals surface area contributed by atoms with Crippen molar-refractivity contribution >= 4 is 47.4 Å². The zero-order chi connectivity index (χ0) is 50.1. The van der Waals surface area contributed by atoms with Gasteiger partial charge in [-0.25, -0.2) is 0 Å². The molecule has 380 valence electrons. The van der Waals surface area contributed by atoms with Crippen molar-refractivity contribution in [1.82, 2.24) is 26.2 Å². The van der Waals surface area contributed by atoms with Crippen molar-refractivity contribution in [2.75, 3.05) is 20.1 Å². The van der Waals surface area contributed by atoms with E-state index >= 15 is 0 Å². The molecule has 2 aliphatic carbocycles. The molecule has 14 N–H and O–H groups in total. The van der Waals surface area contributed by atoms with Crippen LogP contribution in [0.5, 0.6) is 5.75 Å². The fourth-order valence-corrected chi connectivity index (χ4v) is 9.27. The van der Waals surface area contributed by atoms with Crippen LogP contribution in [0.15, 0.2) is 70.6 Å². The number of carbonyl (C=O) groups excluding carboxylic acids is 6.